The monoisotopic (exact) mass is 327 g/mol. The molecule has 1 saturated heterocycles. The molecule has 1 unspecified atom stereocenters. The van der Waals surface area contributed by atoms with E-state index in [1.165, 1.54) is 12.8 Å². The van der Waals surface area contributed by atoms with E-state index >= 15 is 0 Å². The Hall–Kier alpha value is -2.27. The lowest BCUT2D eigenvalue weighted by atomic mass is 9.97. The maximum absolute atomic E-state index is 12.1. The van der Waals surface area contributed by atoms with Crippen LogP contribution in [-0.2, 0) is 0 Å². The van der Waals surface area contributed by atoms with Crippen LogP contribution in [0.5, 0.6) is 0 Å². The van der Waals surface area contributed by atoms with Gasteiger partial charge in [0.15, 0.2) is 0 Å². The van der Waals surface area contributed by atoms with Gasteiger partial charge in [-0.05, 0) is 56.1 Å². The van der Waals surface area contributed by atoms with Crippen LogP contribution in [0.4, 0.5) is 10.5 Å². The number of para-hydroxylation sites is 1. The molecule has 0 spiro atoms. The first-order chi connectivity index (χ1) is 11.7. The first-order valence-electron chi connectivity index (χ1n) is 8.59. The summed E-state index contributed by atoms with van der Waals surface area (Å²) in [5.74, 6) is 1.68. The second-order valence-electron chi connectivity index (χ2n) is 6.45. The number of carbonyl (C=O) groups is 1. The zero-order valence-electron chi connectivity index (χ0n) is 14.1. The van der Waals surface area contributed by atoms with Gasteiger partial charge in [0, 0.05) is 12.2 Å². The minimum absolute atomic E-state index is 0.0778. The molecule has 5 nitrogen and oxygen atoms in total. The molecular formula is C19H25N3O2. The van der Waals surface area contributed by atoms with Crippen LogP contribution in [0.3, 0.4) is 0 Å². The minimum Gasteiger partial charge on any atom is -0.468 e. The molecule has 128 valence electrons. The summed E-state index contributed by atoms with van der Waals surface area (Å²) in [5, 5.41) is 5.83. The molecule has 2 amide bonds. The second-order valence-corrected chi connectivity index (χ2v) is 6.45. The Balaban J connectivity index is 1.59. The summed E-state index contributed by atoms with van der Waals surface area (Å²) in [5.41, 5.74) is 0.788. The quantitative estimate of drug-likeness (QED) is 0.876. The van der Waals surface area contributed by atoms with E-state index in [4.69, 9.17) is 4.42 Å². The van der Waals surface area contributed by atoms with Gasteiger partial charge in [0.2, 0.25) is 0 Å². The topological polar surface area (TPSA) is 57.5 Å². The summed E-state index contributed by atoms with van der Waals surface area (Å²) in [6.45, 7) is 4.90. The Labute approximate surface area is 143 Å². The Morgan fingerprint density at radius 3 is 2.62 bits per heavy atom. The molecule has 0 saturated carbocycles. The Bertz CT molecular complexity index is 619. The number of urea groups is 1. The van der Waals surface area contributed by atoms with E-state index in [1.54, 1.807) is 6.26 Å². The molecule has 3 rings (SSSR count). The molecule has 2 N–H and O–H groups in total. The van der Waals surface area contributed by atoms with Gasteiger partial charge >= 0.3 is 6.03 Å². The van der Waals surface area contributed by atoms with E-state index in [0.717, 1.165) is 30.5 Å². The van der Waals surface area contributed by atoms with Gasteiger partial charge in [-0.2, -0.15) is 0 Å². The molecule has 1 atom stereocenters. The van der Waals surface area contributed by atoms with Crippen LogP contribution in [0.15, 0.2) is 53.1 Å². The predicted molar refractivity (Wildman–Crippen MR) is 94.9 cm³/mol. The maximum atomic E-state index is 12.1. The number of rotatable bonds is 5. The highest BCUT2D eigenvalue weighted by Gasteiger charge is 2.26. The van der Waals surface area contributed by atoms with Gasteiger partial charge in [-0.1, -0.05) is 25.1 Å². The Morgan fingerprint density at radius 1 is 1.21 bits per heavy atom. The van der Waals surface area contributed by atoms with Crippen LogP contribution in [0.2, 0.25) is 0 Å². The second kappa shape index (κ2) is 8.02. The lowest BCUT2D eigenvalue weighted by molar-refractivity contribution is 0.122. The van der Waals surface area contributed by atoms with Crippen molar-refractivity contribution in [1.29, 1.82) is 0 Å². The molecule has 1 aliphatic rings. The average Bonchev–Trinajstić information content (AvgIpc) is 3.12. The molecule has 1 aliphatic heterocycles. The molecular weight excluding hydrogens is 302 g/mol. The standard InChI is InChI=1S/C19H25N3O2/c1-15-9-11-22(12-10-15)17(18-8-5-13-24-18)14-20-19(23)21-16-6-3-2-4-7-16/h2-8,13,15,17H,9-12,14H2,1H3,(H2,20,21,23). The molecule has 24 heavy (non-hydrogen) atoms. The van der Waals surface area contributed by atoms with E-state index in [2.05, 4.69) is 22.5 Å². The predicted octanol–water partition coefficient (Wildman–Crippen LogP) is 3.87. The van der Waals surface area contributed by atoms with Gasteiger partial charge in [-0.25, -0.2) is 4.79 Å². The van der Waals surface area contributed by atoms with Crippen molar-refractivity contribution in [2.24, 2.45) is 5.92 Å². The molecule has 1 aromatic carbocycles. The van der Waals surface area contributed by atoms with E-state index in [0.29, 0.717) is 6.54 Å². The molecule has 1 fully saturated rings. The van der Waals surface area contributed by atoms with Gasteiger partial charge in [0.1, 0.15) is 5.76 Å². The molecule has 2 heterocycles. The first-order valence-corrected chi connectivity index (χ1v) is 8.59. The van der Waals surface area contributed by atoms with Crippen molar-refractivity contribution in [2.75, 3.05) is 25.0 Å². The number of nitrogens with zero attached hydrogens (tertiary/aromatic N) is 1. The van der Waals surface area contributed by atoms with Crippen LogP contribution in [-0.4, -0.2) is 30.6 Å². The highest BCUT2D eigenvalue weighted by atomic mass is 16.3. The lowest BCUT2D eigenvalue weighted by Gasteiger charge is -2.35. The summed E-state index contributed by atoms with van der Waals surface area (Å²) in [7, 11) is 0. The van der Waals surface area contributed by atoms with Crippen LogP contribution in [0, 0.1) is 5.92 Å². The fraction of sp³-hybridized carbons (Fsp3) is 0.421. The first kappa shape index (κ1) is 16.6. The third-order valence-corrected chi connectivity index (χ3v) is 4.62. The molecule has 5 heteroatoms. The number of benzene rings is 1. The number of likely N-dealkylation sites (tertiary alicyclic amines) is 1. The van der Waals surface area contributed by atoms with Crippen LogP contribution < -0.4 is 10.6 Å². The highest BCUT2D eigenvalue weighted by molar-refractivity contribution is 5.89. The largest absolute Gasteiger partial charge is 0.468 e. The summed E-state index contributed by atoms with van der Waals surface area (Å²) >= 11 is 0. The zero-order valence-corrected chi connectivity index (χ0v) is 14.1. The van der Waals surface area contributed by atoms with Crippen molar-refractivity contribution < 1.29 is 9.21 Å². The third kappa shape index (κ3) is 4.38. The van der Waals surface area contributed by atoms with Crippen molar-refractivity contribution >= 4 is 11.7 Å². The summed E-state index contributed by atoms with van der Waals surface area (Å²) in [4.78, 5) is 14.6. The van der Waals surface area contributed by atoms with Gasteiger partial charge < -0.3 is 15.1 Å². The van der Waals surface area contributed by atoms with Crippen LogP contribution >= 0.6 is 0 Å². The van der Waals surface area contributed by atoms with E-state index in [-0.39, 0.29) is 12.1 Å². The molecule has 0 radical (unpaired) electrons. The highest BCUT2D eigenvalue weighted by Crippen LogP contribution is 2.26. The average molecular weight is 327 g/mol. The number of furan rings is 1. The molecule has 2 aromatic rings. The number of hydrogen-bond donors (Lipinski definition) is 2. The lowest BCUT2D eigenvalue weighted by Crippen LogP contribution is -2.42. The SMILES string of the molecule is CC1CCN(C(CNC(=O)Nc2ccccc2)c2ccco2)CC1. The van der Waals surface area contributed by atoms with Crippen molar-refractivity contribution in [3.05, 3.63) is 54.5 Å². The van der Waals surface area contributed by atoms with Crippen molar-refractivity contribution in [2.45, 2.75) is 25.8 Å². The Kier molecular flexibility index (Phi) is 5.54. The van der Waals surface area contributed by atoms with Crippen LogP contribution in [0.25, 0.3) is 0 Å². The van der Waals surface area contributed by atoms with Crippen molar-refractivity contribution in [1.82, 2.24) is 10.2 Å². The van der Waals surface area contributed by atoms with Gasteiger partial charge in [-0.3, -0.25) is 4.90 Å². The number of amides is 2. The van der Waals surface area contributed by atoms with Gasteiger partial charge in [-0.15, -0.1) is 0 Å². The van der Waals surface area contributed by atoms with E-state index < -0.39 is 0 Å². The van der Waals surface area contributed by atoms with Gasteiger partial charge in [0.25, 0.3) is 0 Å². The molecule has 1 aromatic heterocycles. The normalized spacial score (nSPS) is 17.4. The van der Waals surface area contributed by atoms with Crippen LogP contribution in [0.1, 0.15) is 31.6 Å². The fourth-order valence-electron chi connectivity index (χ4n) is 3.12. The van der Waals surface area contributed by atoms with Crippen molar-refractivity contribution in [3.63, 3.8) is 0 Å². The van der Waals surface area contributed by atoms with Gasteiger partial charge in [0.05, 0.1) is 12.3 Å². The molecule has 0 bridgehead atoms. The number of hydrogen-bond acceptors (Lipinski definition) is 3. The summed E-state index contributed by atoms with van der Waals surface area (Å²) < 4.78 is 5.61. The fourth-order valence-corrected chi connectivity index (χ4v) is 3.12. The zero-order chi connectivity index (χ0) is 16.8. The van der Waals surface area contributed by atoms with E-state index in [9.17, 15) is 4.79 Å². The number of anilines is 1. The number of carbonyl (C=O) groups excluding carboxylic acids is 1. The number of nitrogens with one attached hydrogen (secondary N) is 2. The Morgan fingerprint density at radius 2 is 1.96 bits per heavy atom. The van der Waals surface area contributed by atoms with E-state index in [1.807, 2.05) is 42.5 Å². The maximum Gasteiger partial charge on any atom is 0.319 e. The minimum atomic E-state index is -0.192. The number of piperidine rings is 1. The summed E-state index contributed by atoms with van der Waals surface area (Å²) in [6, 6.07) is 13.2. The van der Waals surface area contributed by atoms with Crippen molar-refractivity contribution in [3.8, 4) is 0 Å². The smallest absolute Gasteiger partial charge is 0.319 e. The molecule has 0 aliphatic carbocycles. The summed E-state index contributed by atoms with van der Waals surface area (Å²) in [6.07, 6.45) is 4.07. The third-order valence-electron chi connectivity index (χ3n) is 4.62.